The van der Waals surface area contributed by atoms with Gasteiger partial charge >= 0.3 is 0 Å². The van der Waals surface area contributed by atoms with Crippen molar-refractivity contribution in [3.05, 3.63) is 35.4 Å². The van der Waals surface area contributed by atoms with Crippen LogP contribution in [0.2, 0.25) is 0 Å². The van der Waals surface area contributed by atoms with Crippen molar-refractivity contribution in [2.75, 3.05) is 26.5 Å². The lowest BCUT2D eigenvalue weighted by atomic mass is 9.91. The van der Waals surface area contributed by atoms with Gasteiger partial charge in [0.25, 0.3) is 0 Å². The smallest absolute Gasteiger partial charge is 0.237 e. The zero-order valence-electron chi connectivity index (χ0n) is 12.7. The highest BCUT2D eigenvalue weighted by molar-refractivity contribution is 6.27. The summed E-state index contributed by atoms with van der Waals surface area (Å²) in [5.41, 5.74) is 3.32. The fourth-order valence-electron chi connectivity index (χ4n) is 2.10. The predicted molar refractivity (Wildman–Crippen MR) is 86.0 cm³/mol. The number of amides is 1. The highest BCUT2D eigenvalue weighted by Crippen LogP contribution is 2.23. The topological polar surface area (TPSA) is 32.7 Å². The van der Waals surface area contributed by atoms with Crippen LogP contribution >= 0.6 is 11.6 Å². The summed E-state index contributed by atoms with van der Waals surface area (Å²) < 4.78 is 0. The normalized spacial score (nSPS) is 13.2. The van der Waals surface area contributed by atoms with Gasteiger partial charge in [-0.05, 0) is 17.9 Å². The second kappa shape index (κ2) is 8.05. The number of carbonyl (C=O) groups is 1. The number of aliphatic imine (C=N–C) groups is 1. The number of benzene rings is 1. The molecule has 0 fully saturated rings. The van der Waals surface area contributed by atoms with Gasteiger partial charge in [-0.25, -0.2) is 0 Å². The Hall–Kier alpha value is -1.35. The number of alkyl halides is 1. The van der Waals surface area contributed by atoms with E-state index in [9.17, 15) is 4.79 Å². The summed E-state index contributed by atoms with van der Waals surface area (Å²) in [4.78, 5) is 17.6. The maximum absolute atomic E-state index is 11.6. The third-order valence-electron chi connectivity index (χ3n) is 3.61. The molecule has 1 amide bonds. The molecule has 0 N–H and O–H groups in total. The molecule has 0 aromatic heterocycles. The molecule has 1 unspecified atom stereocenters. The van der Waals surface area contributed by atoms with Crippen molar-refractivity contribution in [1.82, 2.24) is 4.90 Å². The Kier molecular flexibility index (Phi) is 6.73. The second-order valence-electron chi connectivity index (χ2n) is 4.95. The van der Waals surface area contributed by atoms with Crippen molar-refractivity contribution in [2.24, 2.45) is 4.99 Å². The lowest BCUT2D eigenvalue weighted by Gasteiger charge is -2.21. The third-order valence-corrected chi connectivity index (χ3v) is 3.84. The van der Waals surface area contributed by atoms with Gasteiger partial charge in [0.15, 0.2) is 0 Å². The summed E-state index contributed by atoms with van der Waals surface area (Å²) in [6.07, 6.45) is 1.07. The number of hydrogen-bond donors (Lipinski definition) is 0. The van der Waals surface area contributed by atoms with Crippen LogP contribution in [0, 0.1) is 0 Å². The number of hydrogen-bond acceptors (Lipinski definition) is 2. The van der Waals surface area contributed by atoms with Gasteiger partial charge < -0.3 is 4.90 Å². The first-order valence-electron chi connectivity index (χ1n) is 6.90. The molecule has 3 nitrogen and oxygen atoms in total. The summed E-state index contributed by atoms with van der Waals surface area (Å²) >= 11 is 5.59. The van der Waals surface area contributed by atoms with E-state index in [1.165, 1.54) is 5.56 Å². The fraction of sp³-hybridized carbons (Fsp3) is 0.500. The van der Waals surface area contributed by atoms with E-state index in [1.54, 1.807) is 19.0 Å². The molecule has 110 valence electrons. The summed E-state index contributed by atoms with van der Waals surface area (Å²) in [6, 6.07) is 8.27. The van der Waals surface area contributed by atoms with Crippen molar-refractivity contribution < 1.29 is 4.79 Å². The standard InChI is InChI=1S/C16H23ClN2O/c1-5-12(2)13-8-6-7-9-14(13)15(18-3)11-19(4)16(20)10-17/h6-9,12H,5,10-11H2,1-4H3. The van der Waals surface area contributed by atoms with Gasteiger partial charge in [-0.1, -0.05) is 38.1 Å². The summed E-state index contributed by atoms with van der Waals surface area (Å²) in [5, 5.41) is 0. The minimum Gasteiger partial charge on any atom is -0.339 e. The number of halogens is 1. The minimum absolute atomic E-state index is 0.000500. The second-order valence-corrected chi connectivity index (χ2v) is 5.22. The van der Waals surface area contributed by atoms with E-state index in [0.717, 1.165) is 17.7 Å². The summed E-state index contributed by atoms with van der Waals surface area (Å²) in [5.74, 6) is 0.381. The van der Waals surface area contributed by atoms with Crippen molar-refractivity contribution in [2.45, 2.75) is 26.2 Å². The van der Waals surface area contributed by atoms with Crippen molar-refractivity contribution >= 4 is 23.2 Å². The zero-order valence-corrected chi connectivity index (χ0v) is 13.4. The molecule has 1 aromatic rings. The van der Waals surface area contributed by atoms with E-state index in [4.69, 9.17) is 11.6 Å². The molecule has 0 aliphatic carbocycles. The predicted octanol–water partition coefficient (Wildman–Crippen LogP) is 3.32. The molecule has 1 aromatic carbocycles. The largest absolute Gasteiger partial charge is 0.339 e. The van der Waals surface area contributed by atoms with Gasteiger partial charge in [0, 0.05) is 19.7 Å². The van der Waals surface area contributed by atoms with Gasteiger partial charge in [0.05, 0.1) is 12.3 Å². The lowest BCUT2D eigenvalue weighted by Crippen LogP contribution is -2.33. The van der Waals surface area contributed by atoms with Crippen LogP contribution in [0.5, 0.6) is 0 Å². The summed E-state index contributed by atoms with van der Waals surface area (Å²) in [7, 11) is 3.52. The first-order chi connectivity index (χ1) is 9.54. The third kappa shape index (κ3) is 4.07. The molecule has 1 rings (SSSR count). The average Bonchev–Trinajstić information content (AvgIpc) is 2.50. The molecule has 0 heterocycles. The summed E-state index contributed by atoms with van der Waals surface area (Å²) in [6.45, 7) is 4.86. The molecular formula is C16H23ClN2O. The highest BCUT2D eigenvalue weighted by Gasteiger charge is 2.16. The van der Waals surface area contributed by atoms with Gasteiger partial charge in [0.1, 0.15) is 5.88 Å². The molecule has 4 heteroatoms. The Morgan fingerprint density at radius 1 is 1.40 bits per heavy atom. The molecular weight excluding hydrogens is 272 g/mol. The Morgan fingerprint density at radius 2 is 2.05 bits per heavy atom. The fourth-order valence-corrected chi connectivity index (χ4v) is 2.30. The maximum atomic E-state index is 11.6. The molecule has 0 bridgehead atoms. The van der Waals surface area contributed by atoms with Gasteiger partial charge in [-0.3, -0.25) is 9.79 Å². The number of carbonyl (C=O) groups excluding carboxylic acids is 1. The van der Waals surface area contributed by atoms with Crippen LogP contribution in [0.4, 0.5) is 0 Å². The van der Waals surface area contributed by atoms with Gasteiger partial charge in [-0.2, -0.15) is 0 Å². The Labute approximate surface area is 126 Å². The molecule has 0 saturated heterocycles. The SMILES string of the molecule is CCC(C)c1ccccc1C(CN(C)C(=O)CCl)=NC. The van der Waals surface area contributed by atoms with Crippen LogP contribution in [0.3, 0.4) is 0 Å². The van der Waals surface area contributed by atoms with E-state index >= 15 is 0 Å². The number of nitrogens with zero attached hydrogens (tertiary/aromatic N) is 2. The number of rotatable bonds is 6. The first-order valence-corrected chi connectivity index (χ1v) is 7.43. The molecule has 0 radical (unpaired) electrons. The van der Waals surface area contributed by atoms with Crippen LogP contribution in [0.15, 0.2) is 29.3 Å². The minimum atomic E-state index is -0.0890. The number of likely N-dealkylation sites (N-methyl/N-ethyl adjacent to an activating group) is 1. The Balaban J connectivity index is 3.05. The Morgan fingerprint density at radius 3 is 2.60 bits per heavy atom. The van der Waals surface area contributed by atoms with Crippen LogP contribution in [0.1, 0.15) is 37.3 Å². The van der Waals surface area contributed by atoms with Crippen molar-refractivity contribution in [1.29, 1.82) is 0 Å². The van der Waals surface area contributed by atoms with Gasteiger partial charge in [0.2, 0.25) is 5.91 Å². The maximum Gasteiger partial charge on any atom is 0.237 e. The molecule has 1 atom stereocenters. The molecule has 20 heavy (non-hydrogen) atoms. The van der Waals surface area contributed by atoms with E-state index in [-0.39, 0.29) is 11.8 Å². The van der Waals surface area contributed by atoms with Crippen LogP contribution < -0.4 is 0 Å². The van der Waals surface area contributed by atoms with Crippen molar-refractivity contribution in [3.63, 3.8) is 0 Å². The monoisotopic (exact) mass is 294 g/mol. The molecule has 0 aliphatic heterocycles. The lowest BCUT2D eigenvalue weighted by molar-refractivity contribution is -0.126. The van der Waals surface area contributed by atoms with E-state index in [0.29, 0.717) is 12.5 Å². The molecule has 0 spiro atoms. The first kappa shape index (κ1) is 16.7. The van der Waals surface area contributed by atoms with Crippen LogP contribution in [-0.2, 0) is 4.79 Å². The zero-order chi connectivity index (χ0) is 15.1. The van der Waals surface area contributed by atoms with Crippen molar-refractivity contribution in [3.8, 4) is 0 Å². The average molecular weight is 295 g/mol. The van der Waals surface area contributed by atoms with Crippen LogP contribution in [-0.4, -0.2) is 43.0 Å². The molecule has 0 aliphatic rings. The highest BCUT2D eigenvalue weighted by atomic mass is 35.5. The van der Waals surface area contributed by atoms with Crippen LogP contribution in [0.25, 0.3) is 0 Å². The Bertz CT molecular complexity index is 485. The van der Waals surface area contributed by atoms with Gasteiger partial charge in [-0.15, -0.1) is 11.6 Å². The van der Waals surface area contributed by atoms with E-state index in [2.05, 4.69) is 31.0 Å². The van der Waals surface area contributed by atoms with E-state index in [1.807, 2.05) is 12.1 Å². The molecule has 0 saturated carbocycles. The van der Waals surface area contributed by atoms with E-state index < -0.39 is 0 Å². The quantitative estimate of drug-likeness (QED) is 0.585.